The molecule has 0 fully saturated rings. The Morgan fingerprint density at radius 1 is 1.53 bits per heavy atom. The monoisotopic (exact) mass is 315 g/mol. The fourth-order valence-electron chi connectivity index (χ4n) is 1.47. The molecule has 0 aliphatic rings. The third-order valence-electron chi connectivity index (χ3n) is 2.25. The number of rotatable bonds is 4. The second-order valence-electron chi connectivity index (χ2n) is 3.28. The van der Waals surface area contributed by atoms with Gasteiger partial charge in [0.2, 0.25) is 0 Å². The molecule has 0 atom stereocenters. The van der Waals surface area contributed by atoms with Gasteiger partial charge in [0.05, 0.1) is 24.7 Å². The van der Waals surface area contributed by atoms with Crippen LogP contribution in [-0.4, -0.2) is 12.6 Å². The van der Waals surface area contributed by atoms with Gasteiger partial charge in [0, 0.05) is 10.4 Å². The van der Waals surface area contributed by atoms with Crippen LogP contribution in [0.3, 0.4) is 0 Å². The normalized spacial score (nSPS) is 9.76. The van der Waals surface area contributed by atoms with Gasteiger partial charge in [-0.1, -0.05) is 27.5 Å². The molecule has 0 saturated carbocycles. The summed E-state index contributed by atoms with van der Waals surface area (Å²) in [5.41, 5.74) is 1.85. The number of hydrogen-bond donors (Lipinski definition) is 0. The van der Waals surface area contributed by atoms with Crippen LogP contribution in [0.5, 0.6) is 0 Å². The van der Waals surface area contributed by atoms with Crippen LogP contribution in [0.1, 0.15) is 23.6 Å². The first-order valence-electron chi connectivity index (χ1n) is 5.06. The van der Waals surface area contributed by atoms with E-state index in [0.717, 1.165) is 5.56 Å². The van der Waals surface area contributed by atoms with Crippen molar-refractivity contribution < 1.29 is 9.53 Å². The van der Waals surface area contributed by atoms with Gasteiger partial charge in [-0.3, -0.25) is 4.79 Å². The van der Waals surface area contributed by atoms with Crippen molar-refractivity contribution in [1.29, 1.82) is 5.26 Å². The first-order valence-corrected chi connectivity index (χ1v) is 6.55. The maximum Gasteiger partial charge on any atom is 0.310 e. The van der Waals surface area contributed by atoms with Crippen molar-refractivity contribution in [3.63, 3.8) is 0 Å². The largest absolute Gasteiger partial charge is 0.466 e. The van der Waals surface area contributed by atoms with Crippen molar-refractivity contribution in [3.05, 3.63) is 33.8 Å². The van der Waals surface area contributed by atoms with Gasteiger partial charge in [-0.05, 0) is 30.2 Å². The molecule has 0 N–H and O–H groups in total. The first kappa shape index (κ1) is 14.0. The fourth-order valence-corrected chi connectivity index (χ4v) is 2.52. The summed E-state index contributed by atoms with van der Waals surface area (Å²) in [5.74, 6) is -0.353. The summed E-state index contributed by atoms with van der Waals surface area (Å²) in [6.45, 7) is 2.07. The molecule has 0 radical (unpaired) electrons. The smallest absolute Gasteiger partial charge is 0.310 e. The molecule has 0 aliphatic carbocycles. The van der Waals surface area contributed by atoms with E-state index in [-0.39, 0.29) is 12.4 Å². The molecule has 90 valence electrons. The number of carbonyl (C=O) groups excluding carboxylic acids is 1. The number of nitriles is 1. The maximum atomic E-state index is 11.5. The standard InChI is InChI=1S/C12H11BrClNO2/c1-2-17-12(16)5-9-8(7-15)3-4-11(14)10(9)6-13/h3-4H,2,5-6H2,1H3. The minimum absolute atomic E-state index is 0.0677. The average Bonchev–Trinajstić information content (AvgIpc) is 2.30. The van der Waals surface area contributed by atoms with Gasteiger partial charge in [-0.15, -0.1) is 0 Å². The van der Waals surface area contributed by atoms with Crippen LogP contribution in [-0.2, 0) is 21.3 Å². The van der Waals surface area contributed by atoms with E-state index in [4.69, 9.17) is 21.6 Å². The molecule has 0 heterocycles. The highest BCUT2D eigenvalue weighted by atomic mass is 79.9. The molecule has 0 aromatic heterocycles. The number of benzene rings is 1. The Hall–Kier alpha value is -1.05. The van der Waals surface area contributed by atoms with E-state index in [2.05, 4.69) is 22.0 Å². The first-order chi connectivity index (χ1) is 8.13. The van der Waals surface area contributed by atoms with Crippen LogP contribution >= 0.6 is 27.5 Å². The minimum Gasteiger partial charge on any atom is -0.466 e. The van der Waals surface area contributed by atoms with E-state index in [1.807, 2.05) is 0 Å². The summed E-state index contributed by atoms with van der Waals surface area (Å²) in [4.78, 5) is 11.5. The quantitative estimate of drug-likeness (QED) is 0.633. The number of esters is 1. The Kier molecular flexibility index (Phi) is 5.46. The van der Waals surface area contributed by atoms with Gasteiger partial charge in [0.15, 0.2) is 0 Å². The Balaban J connectivity index is 3.15. The van der Waals surface area contributed by atoms with E-state index in [1.54, 1.807) is 19.1 Å². The summed E-state index contributed by atoms with van der Waals surface area (Å²) >= 11 is 9.33. The number of halogens is 2. The predicted molar refractivity (Wildman–Crippen MR) is 69.1 cm³/mol. The van der Waals surface area contributed by atoms with Crippen molar-refractivity contribution in [2.45, 2.75) is 18.7 Å². The Morgan fingerprint density at radius 3 is 2.76 bits per heavy atom. The second kappa shape index (κ2) is 6.63. The van der Waals surface area contributed by atoms with Crippen LogP contribution in [0.4, 0.5) is 0 Å². The van der Waals surface area contributed by atoms with Gasteiger partial charge in [0.25, 0.3) is 0 Å². The lowest BCUT2D eigenvalue weighted by Gasteiger charge is -2.10. The number of alkyl halides is 1. The topological polar surface area (TPSA) is 50.1 Å². The highest BCUT2D eigenvalue weighted by Gasteiger charge is 2.15. The summed E-state index contributed by atoms with van der Waals surface area (Å²) in [5, 5.41) is 10.0. The van der Waals surface area contributed by atoms with Crippen molar-refractivity contribution in [1.82, 2.24) is 0 Å². The highest BCUT2D eigenvalue weighted by Crippen LogP contribution is 2.26. The lowest BCUT2D eigenvalue weighted by molar-refractivity contribution is -0.142. The van der Waals surface area contributed by atoms with Crippen LogP contribution < -0.4 is 0 Å². The van der Waals surface area contributed by atoms with Crippen LogP contribution in [0, 0.1) is 11.3 Å². The second-order valence-corrected chi connectivity index (χ2v) is 4.25. The average molecular weight is 317 g/mol. The van der Waals surface area contributed by atoms with Gasteiger partial charge < -0.3 is 4.74 Å². The van der Waals surface area contributed by atoms with Gasteiger partial charge in [-0.25, -0.2) is 0 Å². The van der Waals surface area contributed by atoms with E-state index in [9.17, 15) is 4.79 Å². The Morgan fingerprint density at radius 2 is 2.24 bits per heavy atom. The van der Waals surface area contributed by atoms with Crippen molar-refractivity contribution in [2.24, 2.45) is 0 Å². The van der Waals surface area contributed by atoms with Crippen molar-refractivity contribution >= 4 is 33.5 Å². The zero-order chi connectivity index (χ0) is 12.8. The molecule has 0 unspecified atom stereocenters. The van der Waals surface area contributed by atoms with E-state index < -0.39 is 0 Å². The fraction of sp³-hybridized carbons (Fsp3) is 0.333. The molecule has 1 rings (SSSR count). The molecule has 0 spiro atoms. The molecule has 3 nitrogen and oxygen atoms in total. The molecule has 17 heavy (non-hydrogen) atoms. The number of carbonyl (C=O) groups is 1. The van der Waals surface area contributed by atoms with Crippen LogP contribution in [0.25, 0.3) is 0 Å². The third kappa shape index (κ3) is 3.45. The molecule has 0 aliphatic heterocycles. The molecule has 0 saturated heterocycles. The predicted octanol–water partition coefficient (Wildman–Crippen LogP) is 3.21. The zero-order valence-corrected chi connectivity index (χ0v) is 11.6. The molecule has 5 heteroatoms. The molecule has 1 aromatic rings. The lowest BCUT2D eigenvalue weighted by atomic mass is 10.00. The summed E-state index contributed by atoms with van der Waals surface area (Å²) in [6, 6.07) is 5.33. The SMILES string of the molecule is CCOC(=O)Cc1c(C#N)ccc(Cl)c1CBr. The third-order valence-corrected chi connectivity index (χ3v) is 3.17. The van der Waals surface area contributed by atoms with Crippen molar-refractivity contribution in [3.8, 4) is 6.07 Å². The molecular formula is C12H11BrClNO2. The van der Waals surface area contributed by atoms with E-state index >= 15 is 0 Å². The molecule has 0 bridgehead atoms. The van der Waals surface area contributed by atoms with E-state index in [0.29, 0.717) is 28.1 Å². The van der Waals surface area contributed by atoms with Crippen LogP contribution in [0.15, 0.2) is 12.1 Å². The zero-order valence-electron chi connectivity index (χ0n) is 9.30. The maximum absolute atomic E-state index is 11.5. The number of hydrogen-bond acceptors (Lipinski definition) is 3. The Bertz CT molecular complexity index is 468. The number of ether oxygens (including phenoxy) is 1. The number of nitrogens with zero attached hydrogens (tertiary/aromatic N) is 1. The van der Waals surface area contributed by atoms with E-state index in [1.165, 1.54) is 0 Å². The molecule has 1 aromatic carbocycles. The van der Waals surface area contributed by atoms with Gasteiger partial charge >= 0.3 is 5.97 Å². The van der Waals surface area contributed by atoms with Gasteiger partial charge in [-0.2, -0.15) is 5.26 Å². The molecular weight excluding hydrogens is 305 g/mol. The summed E-state index contributed by atoms with van der Waals surface area (Å²) < 4.78 is 4.88. The van der Waals surface area contributed by atoms with Crippen molar-refractivity contribution in [2.75, 3.05) is 6.61 Å². The summed E-state index contributed by atoms with van der Waals surface area (Å²) in [7, 11) is 0. The van der Waals surface area contributed by atoms with Gasteiger partial charge in [0.1, 0.15) is 0 Å². The molecule has 0 amide bonds. The minimum atomic E-state index is -0.353. The Labute approximate surface area is 113 Å². The lowest BCUT2D eigenvalue weighted by Crippen LogP contribution is -2.10. The highest BCUT2D eigenvalue weighted by molar-refractivity contribution is 9.08. The summed E-state index contributed by atoms with van der Waals surface area (Å²) in [6.07, 6.45) is 0.0677. The van der Waals surface area contributed by atoms with Crippen LogP contribution in [0.2, 0.25) is 5.02 Å².